The van der Waals surface area contributed by atoms with E-state index in [0.29, 0.717) is 23.9 Å². The molecule has 2 rings (SSSR count). The molecule has 1 aromatic carbocycles. The normalized spacial score (nSPS) is 10.4. The summed E-state index contributed by atoms with van der Waals surface area (Å²) in [6.07, 6.45) is 4.27. The van der Waals surface area contributed by atoms with Crippen LogP contribution in [0.4, 0.5) is 0 Å². The van der Waals surface area contributed by atoms with Crippen molar-refractivity contribution in [2.24, 2.45) is 0 Å². The summed E-state index contributed by atoms with van der Waals surface area (Å²) in [6.45, 7) is 1.95. The number of nitrogens with zero attached hydrogens (tertiary/aromatic N) is 3. The van der Waals surface area contributed by atoms with E-state index in [9.17, 15) is 4.79 Å². The lowest BCUT2D eigenvalue weighted by molar-refractivity contribution is 0.0695. The van der Waals surface area contributed by atoms with Gasteiger partial charge >= 0.3 is 5.97 Å². The van der Waals surface area contributed by atoms with Crippen molar-refractivity contribution in [2.75, 3.05) is 6.61 Å². The first-order valence-corrected chi connectivity index (χ1v) is 6.46. The van der Waals surface area contributed by atoms with Gasteiger partial charge in [-0.1, -0.05) is 0 Å². The van der Waals surface area contributed by atoms with Gasteiger partial charge in [0.2, 0.25) is 0 Å². The Labute approximate surface area is 127 Å². The van der Waals surface area contributed by atoms with Crippen LogP contribution >= 0.6 is 0 Å². The summed E-state index contributed by atoms with van der Waals surface area (Å²) in [5, 5.41) is 17.3. The van der Waals surface area contributed by atoms with E-state index in [1.165, 1.54) is 12.3 Å². The first-order valence-electron chi connectivity index (χ1n) is 6.46. The molecule has 2 aromatic rings. The van der Waals surface area contributed by atoms with Gasteiger partial charge in [0.25, 0.3) is 0 Å². The third-order valence-electron chi connectivity index (χ3n) is 2.86. The summed E-state index contributed by atoms with van der Waals surface area (Å²) >= 11 is 0. The first kappa shape index (κ1) is 15.2. The van der Waals surface area contributed by atoms with Gasteiger partial charge < -0.3 is 9.84 Å². The van der Waals surface area contributed by atoms with Crippen molar-refractivity contribution in [3.05, 3.63) is 53.9 Å². The Kier molecular flexibility index (Phi) is 4.83. The molecule has 1 heterocycles. The van der Waals surface area contributed by atoms with Crippen LogP contribution in [0.2, 0.25) is 0 Å². The van der Waals surface area contributed by atoms with Crippen LogP contribution in [0.3, 0.4) is 0 Å². The summed E-state index contributed by atoms with van der Waals surface area (Å²) in [7, 11) is 0. The number of carbonyl (C=O) groups is 1. The van der Waals surface area contributed by atoms with Gasteiger partial charge in [-0.05, 0) is 37.3 Å². The van der Waals surface area contributed by atoms with E-state index in [0.717, 1.165) is 5.56 Å². The zero-order chi connectivity index (χ0) is 15.9. The topological polar surface area (TPSA) is 96.1 Å². The smallest absolute Gasteiger partial charge is 0.339 e. The number of allylic oxidation sites excluding steroid dienone is 1. The highest BCUT2D eigenvalue weighted by Crippen LogP contribution is 2.20. The van der Waals surface area contributed by atoms with Crippen molar-refractivity contribution in [1.29, 1.82) is 5.26 Å². The SMILES string of the molecule is Cc1nc(-c2ccc(OC/C=C/C#N)cc2)ncc1C(=O)O. The van der Waals surface area contributed by atoms with Gasteiger partial charge in [-0.3, -0.25) is 0 Å². The number of benzene rings is 1. The first-order chi connectivity index (χ1) is 10.6. The summed E-state index contributed by atoms with van der Waals surface area (Å²) in [6, 6.07) is 8.99. The predicted octanol–water partition coefficient (Wildman–Crippen LogP) is 2.61. The molecular weight excluding hydrogens is 282 g/mol. The maximum Gasteiger partial charge on any atom is 0.339 e. The number of carboxylic acid groups (broad SMARTS) is 1. The van der Waals surface area contributed by atoms with Crippen molar-refractivity contribution in [3.63, 3.8) is 0 Å². The van der Waals surface area contributed by atoms with E-state index < -0.39 is 5.97 Å². The average Bonchev–Trinajstić information content (AvgIpc) is 2.52. The third kappa shape index (κ3) is 3.67. The van der Waals surface area contributed by atoms with Gasteiger partial charge in [-0.25, -0.2) is 14.8 Å². The van der Waals surface area contributed by atoms with Crippen LogP contribution in [0.1, 0.15) is 16.1 Å². The molecule has 0 aliphatic heterocycles. The number of ether oxygens (including phenoxy) is 1. The zero-order valence-electron chi connectivity index (χ0n) is 11.9. The Balaban J connectivity index is 2.13. The molecule has 1 N–H and O–H groups in total. The molecule has 22 heavy (non-hydrogen) atoms. The van der Waals surface area contributed by atoms with E-state index >= 15 is 0 Å². The molecule has 0 spiro atoms. The van der Waals surface area contributed by atoms with Crippen LogP contribution in [0, 0.1) is 18.3 Å². The molecule has 110 valence electrons. The number of aromatic nitrogens is 2. The molecule has 1 aromatic heterocycles. The number of aryl methyl sites for hydroxylation is 1. The number of rotatable bonds is 5. The number of hydrogen-bond acceptors (Lipinski definition) is 5. The Morgan fingerprint density at radius 1 is 1.41 bits per heavy atom. The van der Waals surface area contributed by atoms with E-state index in [1.54, 1.807) is 37.3 Å². The molecule has 0 bridgehead atoms. The van der Waals surface area contributed by atoms with E-state index in [2.05, 4.69) is 9.97 Å². The Morgan fingerprint density at radius 3 is 2.73 bits per heavy atom. The van der Waals surface area contributed by atoms with Gasteiger partial charge in [0.05, 0.1) is 17.3 Å². The summed E-state index contributed by atoms with van der Waals surface area (Å²) in [5.41, 5.74) is 1.27. The molecule has 0 atom stereocenters. The van der Waals surface area contributed by atoms with Crippen LogP contribution < -0.4 is 4.74 Å². The summed E-state index contributed by atoms with van der Waals surface area (Å²) in [5.74, 6) is 0.0712. The number of carboxylic acids is 1. The fourth-order valence-electron chi connectivity index (χ4n) is 1.76. The van der Waals surface area contributed by atoms with Gasteiger partial charge in [0.15, 0.2) is 5.82 Å². The highest BCUT2D eigenvalue weighted by molar-refractivity contribution is 5.88. The fourth-order valence-corrected chi connectivity index (χ4v) is 1.76. The lowest BCUT2D eigenvalue weighted by Crippen LogP contribution is -2.04. The minimum atomic E-state index is -1.04. The van der Waals surface area contributed by atoms with Gasteiger partial charge in [0, 0.05) is 17.8 Å². The Morgan fingerprint density at radius 2 is 2.14 bits per heavy atom. The third-order valence-corrected chi connectivity index (χ3v) is 2.86. The molecule has 6 nitrogen and oxygen atoms in total. The van der Waals surface area contributed by atoms with Crippen LogP contribution in [-0.2, 0) is 0 Å². The average molecular weight is 295 g/mol. The maximum absolute atomic E-state index is 10.9. The standard InChI is InChI=1S/C16H13N3O3/c1-11-14(16(20)21)10-18-15(19-11)12-4-6-13(7-5-12)22-9-3-2-8-17/h2-7,10H,9H2,1H3,(H,20,21)/b3-2+. The van der Waals surface area contributed by atoms with Crippen molar-refractivity contribution in [1.82, 2.24) is 9.97 Å². The molecule has 0 saturated carbocycles. The van der Waals surface area contributed by atoms with Crippen molar-refractivity contribution >= 4 is 5.97 Å². The largest absolute Gasteiger partial charge is 0.490 e. The van der Waals surface area contributed by atoms with Crippen LogP contribution in [-0.4, -0.2) is 27.7 Å². The van der Waals surface area contributed by atoms with Crippen LogP contribution in [0.15, 0.2) is 42.6 Å². The highest BCUT2D eigenvalue weighted by Gasteiger charge is 2.10. The van der Waals surface area contributed by atoms with Crippen molar-refractivity contribution in [3.8, 4) is 23.2 Å². The lowest BCUT2D eigenvalue weighted by Gasteiger charge is -2.06. The van der Waals surface area contributed by atoms with Gasteiger partial charge in [-0.15, -0.1) is 0 Å². The lowest BCUT2D eigenvalue weighted by atomic mass is 10.2. The molecule has 0 aliphatic carbocycles. The van der Waals surface area contributed by atoms with Crippen LogP contribution in [0.25, 0.3) is 11.4 Å². The maximum atomic E-state index is 10.9. The number of aromatic carboxylic acids is 1. The second-order valence-electron chi connectivity index (χ2n) is 4.36. The second-order valence-corrected chi connectivity index (χ2v) is 4.36. The molecule has 0 fully saturated rings. The zero-order valence-corrected chi connectivity index (χ0v) is 11.9. The fraction of sp³-hybridized carbons (Fsp3) is 0.125. The Hall–Kier alpha value is -3.20. The van der Waals surface area contributed by atoms with Crippen LogP contribution in [0.5, 0.6) is 5.75 Å². The Bertz CT molecular complexity index is 746. The molecule has 6 heteroatoms. The van der Waals surface area contributed by atoms with Crippen molar-refractivity contribution < 1.29 is 14.6 Å². The van der Waals surface area contributed by atoms with Gasteiger partial charge in [-0.2, -0.15) is 5.26 Å². The van der Waals surface area contributed by atoms with E-state index in [-0.39, 0.29) is 5.56 Å². The number of nitriles is 1. The minimum absolute atomic E-state index is 0.0907. The monoisotopic (exact) mass is 295 g/mol. The molecule has 0 amide bonds. The predicted molar refractivity (Wildman–Crippen MR) is 79.4 cm³/mol. The number of hydrogen-bond donors (Lipinski definition) is 1. The van der Waals surface area contributed by atoms with E-state index in [4.69, 9.17) is 15.1 Å². The summed E-state index contributed by atoms with van der Waals surface area (Å²) in [4.78, 5) is 19.2. The molecule has 0 aliphatic rings. The molecule has 0 radical (unpaired) electrons. The minimum Gasteiger partial charge on any atom is -0.490 e. The van der Waals surface area contributed by atoms with E-state index in [1.807, 2.05) is 6.07 Å². The summed E-state index contributed by atoms with van der Waals surface area (Å²) < 4.78 is 5.42. The molecular formula is C16H13N3O3. The van der Waals surface area contributed by atoms with Gasteiger partial charge in [0.1, 0.15) is 12.4 Å². The highest BCUT2D eigenvalue weighted by atomic mass is 16.5. The van der Waals surface area contributed by atoms with Crippen molar-refractivity contribution in [2.45, 2.75) is 6.92 Å². The quantitative estimate of drug-likeness (QED) is 0.852. The molecule has 0 unspecified atom stereocenters. The second kappa shape index (κ2) is 6.99. The molecule has 0 saturated heterocycles.